The van der Waals surface area contributed by atoms with Crippen molar-refractivity contribution in [1.29, 1.82) is 0 Å². The monoisotopic (exact) mass is 610 g/mol. The van der Waals surface area contributed by atoms with Gasteiger partial charge in [-0.25, -0.2) is 13.2 Å². The molecule has 1 heterocycles. The van der Waals surface area contributed by atoms with Gasteiger partial charge in [-0.15, -0.1) is 11.3 Å². The van der Waals surface area contributed by atoms with E-state index in [-0.39, 0.29) is 10.1 Å². The fourth-order valence-corrected chi connectivity index (χ4v) is 7.09. The first-order chi connectivity index (χ1) is 16.8. The van der Waals surface area contributed by atoms with Crippen molar-refractivity contribution in [3.8, 4) is 0 Å². The fraction of sp³-hybridized carbons (Fsp3) is 0.478. The average Bonchev–Trinajstić information content (AvgIpc) is 3.54. The van der Waals surface area contributed by atoms with E-state index in [0.29, 0.717) is 11.7 Å². The van der Waals surface area contributed by atoms with Gasteiger partial charge in [0.1, 0.15) is 4.21 Å². The molecule has 2 fully saturated rings. The molecule has 4 rings (SSSR count). The van der Waals surface area contributed by atoms with Gasteiger partial charge in [0.15, 0.2) is 0 Å². The van der Waals surface area contributed by atoms with E-state index in [0.717, 1.165) is 35.0 Å². The van der Waals surface area contributed by atoms with E-state index in [4.69, 9.17) is 9.90 Å². The molecular formula is C23H26BrF3N2O5S2. The Kier molecular flexibility index (Phi) is 9.10. The van der Waals surface area contributed by atoms with Gasteiger partial charge in [0.2, 0.25) is 5.91 Å². The zero-order valence-corrected chi connectivity index (χ0v) is 22.3. The number of carbonyl (C=O) groups is 2. The smallest absolute Gasteiger partial charge is 0.475 e. The first kappa shape index (κ1) is 28.5. The maximum Gasteiger partial charge on any atom is 0.490 e. The Morgan fingerprint density at radius 1 is 1.00 bits per heavy atom. The van der Waals surface area contributed by atoms with Crippen LogP contribution in [0.25, 0.3) is 0 Å². The number of alkyl halides is 3. The molecule has 1 amide bonds. The van der Waals surface area contributed by atoms with Crippen LogP contribution < -0.4 is 10.0 Å². The molecular weight excluding hydrogens is 585 g/mol. The van der Waals surface area contributed by atoms with Crippen LogP contribution in [0.15, 0.2) is 44.4 Å². The van der Waals surface area contributed by atoms with Crippen molar-refractivity contribution < 1.29 is 36.3 Å². The Labute approximate surface area is 219 Å². The van der Waals surface area contributed by atoms with Crippen molar-refractivity contribution >= 4 is 54.9 Å². The lowest BCUT2D eigenvalue weighted by Gasteiger charge is -2.22. The zero-order valence-electron chi connectivity index (χ0n) is 19.1. The average molecular weight is 612 g/mol. The van der Waals surface area contributed by atoms with Gasteiger partial charge < -0.3 is 10.4 Å². The summed E-state index contributed by atoms with van der Waals surface area (Å²) >= 11 is 4.46. The summed E-state index contributed by atoms with van der Waals surface area (Å²) in [4.78, 5) is 21.9. The molecule has 198 valence electrons. The Bertz CT molecular complexity index is 1170. The molecule has 0 atom stereocenters. The van der Waals surface area contributed by atoms with Crippen molar-refractivity contribution in [3.05, 3.63) is 45.7 Å². The van der Waals surface area contributed by atoms with Crippen LogP contribution in [0.2, 0.25) is 0 Å². The van der Waals surface area contributed by atoms with E-state index < -0.39 is 27.6 Å². The van der Waals surface area contributed by atoms with Gasteiger partial charge in [-0.3, -0.25) is 9.52 Å². The van der Waals surface area contributed by atoms with E-state index in [1.165, 1.54) is 37.0 Å². The molecule has 2 saturated carbocycles. The second kappa shape index (κ2) is 11.5. The van der Waals surface area contributed by atoms with E-state index in [2.05, 4.69) is 26.0 Å². The van der Waals surface area contributed by atoms with Gasteiger partial charge in [0, 0.05) is 11.7 Å². The summed E-state index contributed by atoms with van der Waals surface area (Å²) in [6, 6.07) is 10.8. The molecule has 0 unspecified atom stereocenters. The molecule has 36 heavy (non-hydrogen) atoms. The number of aliphatic carboxylic acids is 1. The number of hydrogen-bond acceptors (Lipinski definition) is 5. The molecule has 0 saturated heterocycles. The van der Waals surface area contributed by atoms with Gasteiger partial charge in [-0.1, -0.05) is 37.8 Å². The fourth-order valence-electron chi connectivity index (χ4n) is 4.02. The first-order valence-corrected chi connectivity index (χ1v) is 14.4. The number of halogens is 4. The van der Waals surface area contributed by atoms with Gasteiger partial charge in [0.05, 0.1) is 9.20 Å². The molecule has 1 aromatic carbocycles. The summed E-state index contributed by atoms with van der Waals surface area (Å²) in [7, 11) is -3.60. The summed E-state index contributed by atoms with van der Waals surface area (Å²) < 4.78 is 60.3. The zero-order chi connectivity index (χ0) is 26.6. The third-order valence-electron chi connectivity index (χ3n) is 6.12. The topological polar surface area (TPSA) is 113 Å². The lowest BCUT2D eigenvalue weighted by atomic mass is 9.94. The highest BCUT2D eigenvalue weighted by molar-refractivity contribution is 9.11. The molecule has 0 aliphatic heterocycles. The summed E-state index contributed by atoms with van der Waals surface area (Å²) in [5.41, 5.74) is 1.02. The number of amides is 1. The Morgan fingerprint density at radius 2 is 1.56 bits per heavy atom. The van der Waals surface area contributed by atoms with Crippen LogP contribution in [-0.2, 0) is 25.0 Å². The van der Waals surface area contributed by atoms with Crippen LogP contribution >= 0.6 is 27.3 Å². The van der Waals surface area contributed by atoms with Crippen molar-refractivity contribution in [2.45, 2.75) is 73.2 Å². The van der Waals surface area contributed by atoms with Crippen LogP contribution in [-0.4, -0.2) is 37.6 Å². The van der Waals surface area contributed by atoms with Gasteiger partial charge >= 0.3 is 12.1 Å². The Hall–Kier alpha value is -2.12. The van der Waals surface area contributed by atoms with Crippen molar-refractivity contribution in [3.63, 3.8) is 0 Å². The van der Waals surface area contributed by atoms with Crippen molar-refractivity contribution in [2.75, 3.05) is 4.72 Å². The molecule has 2 aromatic rings. The minimum absolute atomic E-state index is 0.126. The summed E-state index contributed by atoms with van der Waals surface area (Å²) in [6.07, 6.45) is 3.65. The third-order valence-corrected chi connectivity index (χ3v) is 9.62. The molecule has 7 nitrogen and oxygen atoms in total. The summed E-state index contributed by atoms with van der Waals surface area (Å²) in [6.45, 7) is 0. The van der Waals surface area contributed by atoms with Crippen LogP contribution in [0.1, 0.15) is 56.9 Å². The van der Waals surface area contributed by atoms with E-state index in [1.54, 1.807) is 24.3 Å². The van der Waals surface area contributed by atoms with Crippen LogP contribution in [0.3, 0.4) is 0 Å². The van der Waals surface area contributed by atoms with E-state index in [1.807, 2.05) is 12.1 Å². The number of sulfonamides is 1. The molecule has 13 heteroatoms. The van der Waals surface area contributed by atoms with Gasteiger partial charge in [-0.2, -0.15) is 13.2 Å². The minimum atomic E-state index is -5.08. The number of thiophene rings is 1. The highest BCUT2D eigenvalue weighted by Crippen LogP contribution is 2.49. The Morgan fingerprint density at radius 3 is 2.00 bits per heavy atom. The minimum Gasteiger partial charge on any atom is -0.475 e. The number of carboxylic acids is 1. The summed E-state index contributed by atoms with van der Waals surface area (Å²) in [5, 5.41) is 10.4. The highest BCUT2D eigenvalue weighted by atomic mass is 79.9. The maximum atomic E-state index is 13.0. The standard InChI is InChI=1S/C21H25BrN2O3S2.C2HF3O2/c22-18-11-12-19(28-18)29(26,27)24-17-9-7-15(8-10-17)21(13-14-21)20(25)23-16-5-3-1-2-4-6-16;3-2(4,5)1(6)7/h7-12,16,24H,1-6,13-14H2,(H,23,25);(H,6,7). The van der Waals surface area contributed by atoms with Crippen LogP contribution in [0, 0.1) is 0 Å². The SMILES string of the molecule is O=C(NC1CCCCCC1)C1(c2ccc(NS(=O)(=O)c3ccc(Br)s3)cc2)CC1.O=C(O)C(F)(F)F. The number of anilines is 1. The lowest BCUT2D eigenvalue weighted by Crippen LogP contribution is -2.41. The van der Waals surface area contributed by atoms with Crippen molar-refractivity contribution in [1.82, 2.24) is 5.32 Å². The molecule has 2 aliphatic carbocycles. The maximum absolute atomic E-state index is 13.0. The number of carboxylic acid groups (broad SMARTS) is 1. The lowest BCUT2D eigenvalue weighted by molar-refractivity contribution is -0.192. The first-order valence-electron chi connectivity index (χ1n) is 11.3. The number of hydrogen-bond donors (Lipinski definition) is 3. The number of benzene rings is 1. The van der Waals surface area contributed by atoms with Crippen LogP contribution in [0.4, 0.5) is 18.9 Å². The molecule has 0 radical (unpaired) electrons. The molecule has 3 N–H and O–H groups in total. The van der Waals surface area contributed by atoms with Gasteiger partial charge in [0.25, 0.3) is 10.0 Å². The Balaban J connectivity index is 0.000000454. The quantitative estimate of drug-likeness (QED) is 0.357. The largest absolute Gasteiger partial charge is 0.490 e. The highest BCUT2D eigenvalue weighted by Gasteiger charge is 2.51. The normalized spacial score (nSPS) is 17.8. The molecule has 2 aliphatic rings. The molecule has 0 bridgehead atoms. The van der Waals surface area contributed by atoms with Crippen molar-refractivity contribution in [2.24, 2.45) is 0 Å². The number of nitrogens with one attached hydrogen (secondary N) is 2. The van der Waals surface area contributed by atoms with Gasteiger partial charge in [-0.05, 0) is 71.4 Å². The van der Waals surface area contributed by atoms with E-state index >= 15 is 0 Å². The van der Waals surface area contributed by atoms with Crippen LogP contribution in [0.5, 0.6) is 0 Å². The number of carbonyl (C=O) groups excluding carboxylic acids is 1. The summed E-state index contributed by atoms with van der Waals surface area (Å²) in [5.74, 6) is -2.63. The number of rotatable bonds is 6. The van der Waals surface area contributed by atoms with E-state index in [9.17, 15) is 26.4 Å². The predicted octanol–water partition coefficient (Wildman–Crippen LogP) is 5.82. The third kappa shape index (κ3) is 7.45. The molecule has 1 aromatic heterocycles. The molecule has 0 spiro atoms. The second-order valence-corrected chi connectivity index (χ2v) is 13.2. The second-order valence-electron chi connectivity index (χ2n) is 8.79. The predicted molar refractivity (Wildman–Crippen MR) is 134 cm³/mol.